The molecule has 202 valence electrons. The van der Waals surface area contributed by atoms with Crippen molar-refractivity contribution in [2.24, 2.45) is 0 Å². The summed E-state index contributed by atoms with van der Waals surface area (Å²) in [6.45, 7) is 12.6. The SMILES string of the molecule is CCC(C)NC(=O)C(Cc1ccccc1)N(Cc1cccc(C)c1)C(=O)COc1ccccc1C(C)(C)C. The third kappa shape index (κ3) is 8.20. The molecule has 5 heteroatoms. The van der Waals surface area contributed by atoms with Gasteiger partial charge in [0.25, 0.3) is 5.91 Å². The van der Waals surface area contributed by atoms with Crippen LogP contribution in [0.25, 0.3) is 0 Å². The number of amides is 2. The van der Waals surface area contributed by atoms with E-state index in [1.165, 1.54) is 0 Å². The predicted octanol–water partition coefficient (Wildman–Crippen LogP) is 6.23. The number of aryl methyl sites for hydroxylation is 1. The zero-order valence-corrected chi connectivity index (χ0v) is 23.7. The normalized spacial score (nSPS) is 12.9. The second-order valence-electron chi connectivity index (χ2n) is 11.1. The summed E-state index contributed by atoms with van der Waals surface area (Å²) in [4.78, 5) is 29.2. The molecule has 3 aromatic carbocycles. The fourth-order valence-corrected chi connectivity index (χ4v) is 4.44. The smallest absolute Gasteiger partial charge is 0.261 e. The maximum atomic E-state index is 13.9. The van der Waals surface area contributed by atoms with Crippen molar-refractivity contribution in [3.05, 3.63) is 101 Å². The molecule has 2 atom stereocenters. The van der Waals surface area contributed by atoms with Crippen LogP contribution in [0.1, 0.15) is 63.3 Å². The summed E-state index contributed by atoms with van der Waals surface area (Å²) in [6.07, 6.45) is 1.22. The topological polar surface area (TPSA) is 58.6 Å². The van der Waals surface area contributed by atoms with Crippen LogP contribution in [0.15, 0.2) is 78.9 Å². The quantitative estimate of drug-likeness (QED) is 0.330. The number of nitrogens with zero attached hydrogens (tertiary/aromatic N) is 1. The van der Waals surface area contributed by atoms with E-state index in [9.17, 15) is 9.59 Å². The molecular weight excluding hydrogens is 472 g/mol. The fraction of sp³-hybridized carbons (Fsp3) is 0.394. The van der Waals surface area contributed by atoms with E-state index in [1.54, 1.807) is 4.90 Å². The van der Waals surface area contributed by atoms with Crippen LogP contribution in [-0.2, 0) is 28.0 Å². The summed E-state index contributed by atoms with van der Waals surface area (Å²) in [6, 6.07) is 25.1. The Labute approximate surface area is 228 Å². The van der Waals surface area contributed by atoms with Crippen LogP contribution in [-0.4, -0.2) is 35.4 Å². The molecule has 0 aromatic heterocycles. The molecule has 0 aliphatic heterocycles. The van der Waals surface area contributed by atoms with E-state index < -0.39 is 6.04 Å². The molecule has 38 heavy (non-hydrogen) atoms. The minimum Gasteiger partial charge on any atom is -0.483 e. The van der Waals surface area contributed by atoms with E-state index in [0.29, 0.717) is 18.7 Å². The summed E-state index contributed by atoms with van der Waals surface area (Å²) >= 11 is 0. The molecule has 0 saturated heterocycles. The highest BCUT2D eigenvalue weighted by Crippen LogP contribution is 2.31. The molecule has 0 aliphatic carbocycles. The monoisotopic (exact) mass is 514 g/mol. The van der Waals surface area contributed by atoms with Gasteiger partial charge in [0.05, 0.1) is 0 Å². The number of para-hydroxylation sites is 1. The third-order valence-electron chi connectivity index (χ3n) is 6.75. The van der Waals surface area contributed by atoms with Crippen molar-refractivity contribution in [1.29, 1.82) is 0 Å². The first-order chi connectivity index (χ1) is 18.1. The molecule has 0 radical (unpaired) electrons. The van der Waals surface area contributed by atoms with E-state index in [1.807, 2.05) is 93.6 Å². The van der Waals surface area contributed by atoms with Gasteiger partial charge in [-0.05, 0) is 48.4 Å². The molecule has 0 saturated carbocycles. The van der Waals surface area contributed by atoms with Crippen LogP contribution >= 0.6 is 0 Å². The summed E-state index contributed by atoms with van der Waals surface area (Å²) < 4.78 is 6.13. The fourth-order valence-electron chi connectivity index (χ4n) is 4.44. The second kappa shape index (κ2) is 13.3. The molecular formula is C33H42N2O3. The number of ether oxygens (including phenoxy) is 1. The Morgan fingerprint density at radius 3 is 2.24 bits per heavy atom. The molecule has 1 N–H and O–H groups in total. The number of carbonyl (C=O) groups is 2. The van der Waals surface area contributed by atoms with E-state index >= 15 is 0 Å². The first-order valence-corrected chi connectivity index (χ1v) is 13.5. The Bertz CT molecular complexity index is 1200. The summed E-state index contributed by atoms with van der Waals surface area (Å²) in [5.41, 5.74) is 3.98. The average molecular weight is 515 g/mol. The maximum Gasteiger partial charge on any atom is 0.261 e. The van der Waals surface area contributed by atoms with Gasteiger partial charge in [-0.3, -0.25) is 9.59 Å². The van der Waals surface area contributed by atoms with Gasteiger partial charge in [-0.25, -0.2) is 0 Å². The lowest BCUT2D eigenvalue weighted by Gasteiger charge is -2.32. The lowest BCUT2D eigenvalue weighted by Crippen LogP contribution is -2.53. The predicted molar refractivity (Wildman–Crippen MR) is 154 cm³/mol. The van der Waals surface area contributed by atoms with Gasteiger partial charge in [-0.1, -0.05) is 106 Å². The highest BCUT2D eigenvalue weighted by Gasteiger charge is 2.31. The lowest BCUT2D eigenvalue weighted by atomic mass is 9.86. The molecule has 0 aliphatic rings. The number of carbonyl (C=O) groups excluding carboxylic acids is 2. The molecule has 0 bridgehead atoms. The van der Waals surface area contributed by atoms with Crippen molar-refractivity contribution < 1.29 is 14.3 Å². The van der Waals surface area contributed by atoms with Gasteiger partial charge < -0.3 is 15.0 Å². The number of nitrogens with one attached hydrogen (secondary N) is 1. The summed E-state index contributed by atoms with van der Waals surface area (Å²) in [5, 5.41) is 3.11. The Balaban J connectivity index is 1.95. The molecule has 0 spiro atoms. The summed E-state index contributed by atoms with van der Waals surface area (Å²) in [5.74, 6) is 0.308. The van der Waals surface area contributed by atoms with Crippen molar-refractivity contribution >= 4 is 11.8 Å². The van der Waals surface area contributed by atoms with E-state index in [-0.39, 0.29) is 29.9 Å². The molecule has 0 fully saturated rings. The van der Waals surface area contributed by atoms with Gasteiger partial charge >= 0.3 is 0 Å². The van der Waals surface area contributed by atoms with Crippen LogP contribution in [0.2, 0.25) is 0 Å². The second-order valence-corrected chi connectivity index (χ2v) is 11.1. The average Bonchev–Trinajstić information content (AvgIpc) is 2.89. The van der Waals surface area contributed by atoms with Gasteiger partial charge in [-0.15, -0.1) is 0 Å². The minimum absolute atomic E-state index is 0.00612. The summed E-state index contributed by atoms with van der Waals surface area (Å²) in [7, 11) is 0. The van der Waals surface area contributed by atoms with Crippen molar-refractivity contribution in [2.75, 3.05) is 6.61 Å². The van der Waals surface area contributed by atoms with E-state index in [2.05, 4.69) is 32.2 Å². The van der Waals surface area contributed by atoms with Crippen LogP contribution in [0, 0.1) is 6.92 Å². The zero-order chi connectivity index (χ0) is 27.7. The Kier molecular flexibility index (Phi) is 10.1. The lowest BCUT2D eigenvalue weighted by molar-refractivity contribution is -0.143. The van der Waals surface area contributed by atoms with E-state index in [4.69, 9.17) is 4.74 Å². The Morgan fingerprint density at radius 1 is 0.921 bits per heavy atom. The van der Waals surface area contributed by atoms with Crippen molar-refractivity contribution in [3.63, 3.8) is 0 Å². The largest absolute Gasteiger partial charge is 0.483 e. The van der Waals surface area contributed by atoms with E-state index in [0.717, 1.165) is 28.7 Å². The van der Waals surface area contributed by atoms with Crippen molar-refractivity contribution in [1.82, 2.24) is 10.2 Å². The van der Waals surface area contributed by atoms with Gasteiger partial charge in [0.1, 0.15) is 11.8 Å². The van der Waals surface area contributed by atoms with Crippen molar-refractivity contribution in [2.45, 2.75) is 78.4 Å². The molecule has 3 aromatic rings. The van der Waals surface area contributed by atoms with Gasteiger partial charge in [-0.2, -0.15) is 0 Å². The highest BCUT2D eigenvalue weighted by molar-refractivity contribution is 5.88. The molecule has 5 nitrogen and oxygen atoms in total. The molecule has 2 amide bonds. The standard InChI is InChI=1S/C33H42N2O3/c1-7-25(3)34-32(37)29(21-26-15-9-8-10-16-26)35(22-27-17-13-14-24(2)20-27)31(36)23-38-30-19-12-11-18-28(30)33(4,5)6/h8-20,25,29H,7,21-23H2,1-6H3,(H,34,37). The molecule has 2 unspecified atom stereocenters. The Hall–Kier alpha value is -3.60. The first-order valence-electron chi connectivity index (χ1n) is 13.5. The number of rotatable bonds is 11. The minimum atomic E-state index is -0.680. The van der Waals surface area contributed by atoms with Crippen LogP contribution in [0.5, 0.6) is 5.75 Å². The van der Waals surface area contributed by atoms with Crippen LogP contribution in [0.4, 0.5) is 0 Å². The first kappa shape index (κ1) is 29.0. The third-order valence-corrected chi connectivity index (χ3v) is 6.75. The number of hydrogen-bond donors (Lipinski definition) is 1. The highest BCUT2D eigenvalue weighted by atomic mass is 16.5. The Morgan fingerprint density at radius 2 is 1.58 bits per heavy atom. The van der Waals surface area contributed by atoms with Gasteiger partial charge in [0.2, 0.25) is 5.91 Å². The van der Waals surface area contributed by atoms with Crippen LogP contribution in [0.3, 0.4) is 0 Å². The molecule has 3 rings (SSSR count). The zero-order valence-electron chi connectivity index (χ0n) is 23.7. The van der Waals surface area contributed by atoms with Crippen LogP contribution < -0.4 is 10.1 Å². The van der Waals surface area contributed by atoms with Gasteiger partial charge in [0.15, 0.2) is 6.61 Å². The molecule has 0 heterocycles. The number of hydrogen-bond acceptors (Lipinski definition) is 3. The number of benzene rings is 3. The maximum absolute atomic E-state index is 13.9. The van der Waals surface area contributed by atoms with Crippen molar-refractivity contribution in [3.8, 4) is 5.75 Å². The van der Waals surface area contributed by atoms with Gasteiger partial charge in [0, 0.05) is 19.0 Å².